The molecular weight excluding hydrogens is 261 g/mol. The van der Waals surface area contributed by atoms with Gasteiger partial charge < -0.3 is 10.1 Å². The molecule has 0 radical (unpaired) electrons. The van der Waals surface area contributed by atoms with E-state index in [0.29, 0.717) is 11.6 Å². The van der Waals surface area contributed by atoms with Crippen LogP contribution in [-0.4, -0.2) is 18.4 Å². The summed E-state index contributed by atoms with van der Waals surface area (Å²) in [5, 5.41) is 2.83. The standard InChI is InChI=1S/C11H15F3N4O/c1-7(2)16-10(18-15)17-8-3-5-9(6-4-8)19-11(12,13)14/h3-7H,15H2,1-2H3,(H2,16,17,18). The van der Waals surface area contributed by atoms with Crippen LogP contribution in [0.3, 0.4) is 0 Å². The Balaban J connectivity index is 2.71. The van der Waals surface area contributed by atoms with Crippen LogP contribution in [0.25, 0.3) is 0 Å². The van der Waals surface area contributed by atoms with E-state index in [9.17, 15) is 13.2 Å². The van der Waals surface area contributed by atoms with E-state index in [0.717, 1.165) is 0 Å². The van der Waals surface area contributed by atoms with Gasteiger partial charge in [-0.2, -0.15) is 0 Å². The molecule has 0 amide bonds. The minimum atomic E-state index is -4.70. The third kappa shape index (κ3) is 5.96. The number of guanidine groups is 1. The van der Waals surface area contributed by atoms with Gasteiger partial charge in [0.15, 0.2) is 0 Å². The van der Waals surface area contributed by atoms with Gasteiger partial charge >= 0.3 is 6.36 Å². The Bertz CT molecular complexity index is 429. The molecule has 0 aliphatic heterocycles. The van der Waals surface area contributed by atoms with E-state index in [4.69, 9.17) is 5.84 Å². The summed E-state index contributed by atoms with van der Waals surface area (Å²) in [6.45, 7) is 3.72. The smallest absolute Gasteiger partial charge is 0.406 e. The van der Waals surface area contributed by atoms with Gasteiger partial charge in [0, 0.05) is 11.7 Å². The van der Waals surface area contributed by atoms with Crippen molar-refractivity contribution < 1.29 is 17.9 Å². The molecule has 0 bridgehead atoms. The lowest BCUT2D eigenvalue weighted by atomic mass is 10.3. The van der Waals surface area contributed by atoms with E-state index < -0.39 is 6.36 Å². The maximum Gasteiger partial charge on any atom is 0.573 e. The third-order valence-corrected chi connectivity index (χ3v) is 1.87. The van der Waals surface area contributed by atoms with Gasteiger partial charge in [-0.1, -0.05) is 0 Å². The topological polar surface area (TPSA) is 71.7 Å². The minimum Gasteiger partial charge on any atom is -0.406 e. The first-order valence-corrected chi connectivity index (χ1v) is 5.47. The Hall–Kier alpha value is -1.96. The Morgan fingerprint density at radius 3 is 2.26 bits per heavy atom. The Morgan fingerprint density at radius 1 is 1.26 bits per heavy atom. The van der Waals surface area contributed by atoms with E-state index in [1.807, 2.05) is 13.8 Å². The quantitative estimate of drug-likeness (QED) is 0.342. The summed E-state index contributed by atoms with van der Waals surface area (Å²) >= 11 is 0. The number of benzene rings is 1. The summed E-state index contributed by atoms with van der Waals surface area (Å²) < 4.78 is 39.7. The Morgan fingerprint density at radius 2 is 1.84 bits per heavy atom. The molecule has 4 N–H and O–H groups in total. The number of alkyl halides is 3. The number of aliphatic imine (C=N–C) groups is 1. The highest BCUT2D eigenvalue weighted by molar-refractivity contribution is 5.93. The molecule has 0 fully saturated rings. The molecule has 8 heteroatoms. The largest absolute Gasteiger partial charge is 0.573 e. The van der Waals surface area contributed by atoms with E-state index in [1.165, 1.54) is 24.3 Å². The number of nitrogens with one attached hydrogen (secondary N) is 2. The van der Waals surface area contributed by atoms with Gasteiger partial charge in [0.1, 0.15) is 5.75 Å². The number of hydrazine groups is 1. The number of nitrogens with two attached hydrogens (primary N) is 1. The molecule has 106 valence electrons. The highest BCUT2D eigenvalue weighted by Gasteiger charge is 2.30. The minimum absolute atomic E-state index is 0.0198. The van der Waals surface area contributed by atoms with Gasteiger partial charge in [0.05, 0.1) is 0 Å². The number of rotatable bonds is 3. The summed E-state index contributed by atoms with van der Waals surface area (Å²) in [4.78, 5) is 4.13. The van der Waals surface area contributed by atoms with Crippen molar-refractivity contribution in [2.75, 3.05) is 5.32 Å². The van der Waals surface area contributed by atoms with Crippen molar-refractivity contribution in [1.29, 1.82) is 0 Å². The zero-order chi connectivity index (χ0) is 14.5. The second-order valence-electron chi connectivity index (χ2n) is 3.91. The SMILES string of the molecule is CC(C)N=C(NN)Nc1ccc(OC(F)(F)F)cc1. The summed E-state index contributed by atoms with van der Waals surface area (Å²) in [6, 6.07) is 5.26. The fraction of sp³-hybridized carbons (Fsp3) is 0.364. The molecule has 0 spiro atoms. The van der Waals surface area contributed by atoms with Crippen LogP contribution in [0.5, 0.6) is 5.75 Å². The second kappa shape index (κ2) is 6.28. The molecule has 0 aliphatic rings. The van der Waals surface area contributed by atoms with Crippen molar-refractivity contribution in [2.45, 2.75) is 26.3 Å². The number of ether oxygens (including phenoxy) is 1. The summed E-state index contributed by atoms with van der Waals surface area (Å²) in [7, 11) is 0. The normalized spacial score (nSPS) is 12.5. The molecule has 0 aromatic heterocycles. The zero-order valence-electron chi connectivity index (χ0n) is 10.5. The average Bonchev–Trinajstić information content (AvgIpc) is 2.28. The van der Waals surface area contributed by atoms with Crippen LogP contribution >= 0.6 is 0 Å². The summed E-state index contributed by atoms with van der Waals surface area (Å²) in [5.41, 5.74) is 2.90. The van der Waals surface area contributed by atoms with E-state index in [-0.39, 0.29) is 11.8 Å². The van der Waals surface area contributed by atoms with Crippen LogP contribution in [-0.2, 0) is 0 Å². The van der Waals surface area contributed by atoms with Crippen LogP contribution < -0.4 is 21.3 Å². The van der Waals surface area contributed by atoms with Gasteiger partial charge in [-0.3, -0.25) is 5.43 Å². The van der Waals surface area contributed by atoms with Crippen LogP contribution in [0, 0.1) is 0 Å². The summed E-state index contributed by atoms with van der Waals surface area (Å²) in [6.07, 6.45) is -4.70. The van der Waals surface area contributed by atoms with Gasteiger partial charge in [-0.25, -0.2) is 10.8 Å². The molecule has 0 heterocycles. The van der Waals surface area contributed by atoms with Gasteiger partial charge in [0.2, 0.25) is 5.96 Å². The van der Waals surface area contributed by atoms with E-state index in [1.54, 1.807) is 0 Å². The predicted octanol–water partition coefficient (Wildman–Crippen LogP) is 2.22. The molecule has 0 atom stereocenters. The number of halogens is 3. The second-order valence-corrected chi connectivity index (χ2v) is 3.91. The van der Waals surface area contributed by atoms with Crippen molar-refractivity contribution in [3.8, 4) is 5.75 Å². The molecular formula is C11H15F3N4O. The first-order chi connectivity index (χ1) is 8.80. The molecule has 0 saturated heterocycles. The van der Waals surface area contributed by atoms with Gasteiger partial charge in [-0.15, -0.1) is 13.2 Å². The Kier molecular flexibility index (Phi) is 4.99. The van der Waals surface area contributed by atoms with Crippen LogP contribution in [0.1, 0.15) is 13.8 Å². The maximum atomic E-state index is 12.0. The van der Waals surface area contributed by atoms with Crippen molar-refractivity contribution >= 4 is 11.6 Å². The number of hydrogen-bond donors (Lipinski definition) is 3. The first kappa shape index (κ1) is 15.1. The molecule has 19 heavy (non-hydrogen) atoms. The highest BCUT2D eigenvalue weighted by Crippen LogP contribution is 2.23. The monoisotopic (exact) mass is 276 g/mol. The van der Waals surface area contributed by atoms with Crippen molar-refractivity contribution in [3.05, 3.63) is 24.3 Å². The van der Waals surface area contributed by atoms with Crippen LogP contribution in [0.15, 0.2) is 29.3 Å². The van der Waals surface area contributed by atoms with E-state index in [2.05, 4.69) is 20.5 Å². The molecule has 0 aliphatic carbocycles. The Labute approximate surface area is 108 Å². The lowest BCUT2D eigenvalue weighted by molar-refractivity contribution is -0.274. The molecule has 0 unspecified atom stereocenters. The third-order valence-electron chi connectivity index (χ3n) is 1.87. The van der Waals surface area contributed by atoms with Crippen LogP contribution in [0.4, 0.5) is 18.9 Å². The first-order valence-electron chi connectivity index (χ1n) is 5.47. The molecule has 1 aromatic carbocycles. The fourth-order valence-electron chi connectivity index (χ4n) is 1.24. The highest BCUT2D eigenvalue weighted by atomic mass is 19.4. The van der Waals surface area contributed by atoms with E-state index >= 15 is 0 Å². The molecule has 1 aromatic rings. The maximum absolute atomic E-state index is 12.0. The summed E-state index contributed by atoms with van der Waals surface area (Å²) in [5.74, 6) is 5.29. The number of hydrogen-bond acceptors (Lipinski definition) is 3. The molecule has 0 saturated carbocycles. The lowest BCUT2D eigenvalue weighted by Crippen LogP contribution is -2.36. The van der Waals surface area contributed by atoms with Crippen LogP contribution in [0.2, 0.25) is 0 Å². The van der Waals surface area contributed by atoms with Gasteiger partial charge in [-0.05, 0) is 38.1 Å². The molecule has 5 nitrogen and oxygen atoms in total. The van der Waals surface area contributed by atoms with Crippen molar-refractivity contribution in [1.82, 2.24) is 5.43 Å². The number of nitrogens with zero attached hydrogens (tertiary/aromatic N) is 1. The number of anilines is 1. The average molecular weight is 276 g/mol. The molecule has 1 rings (SSSR count). The van der Waals surface area contributed by atoms with Crippen molar-refractivity contribution in [3.63, 3.8) is 0 Å². The van der Waals surface area contributed by atoms with Crippen molar-refractivity contribution in [2.24, 2.45) is 10.8 Å². The lowest BCUT2D eigenvalue weighted by Gasteiger charge is -2.12. The zero-order valence-corrected chi connectivity index (χ0v) is 10.5. The fourth-order valence-corrected chi connectivity index (χ4v) is 1.24. The predicted molar refractivity (Wildman–Crippen MR) is 66.6 cm³/mol. The van der Waals surface area contributed by atoms with Gasteiger partial charge in [0.25, 0.3) is 0 Å².